The van der Waals surface area contributed by atoms with E-state index >= 15 is 0 Å². The minimum atomic E-state index is -0.853. The van der Waals surface area contributed by atoms with Crippen molar-refractivity contribution in [2.75, 3.05) is 13.2 Å². The van der Waals surface area contributed by atoms with Crippen LogP contribution in [0, 0.1) is 0 Å². The number of ether oxygens (including phenoxy) is 3. The summed E-state index contributed by atoms with van der Waals surface area (Å²) in [6.45, 7) is 6.26. The Kier molecular flexibility index (Phi) is 52.1. The highest BCUT2D eigenvalue weighted by molar-refractivity contribution is 5.72. The average Bonchev–Trinajstić information content (AvgIpc) is 3.35. The van der Waals surface area contributed by atoms with Crippen molar-refractivity contribution < 1.29 is 28.6 Å². The molecule has 0 amide bonds. The average molecular weight is 951 g/mol. The summed E-state index contributed by atoms with van der Waals surface area (Å²) in [5.41, 5.74) is 0. The van der Waals surface area contributed by atoms with Gasteiger partial charge in [-0.1, -0.05) is 218 Å². The Morgan fingerprint density at radius 1 is 0.319 bits per heavy atom. The Hall–Kier alpha value is -4.71. The second kappa shape index (κ2) is 55.9. The lowest BCUT2D eigenvalue weighted by Crippen LogP contribution is -2.30. The lowest BCUT2D eigenvalue weighted by atomic mass is 10.1. The van der Waals surface area contributed by atoms with Gasteiger partial charge in [0.1, 0.15) is 13.2 Å². The van der Waals surface area contributed by atoms with Crippen LogP contribution in [0.5, 0.6) is 0 Å². The van der Waals surface area contributed by atoms with E-state index in [-0.39, 0.29) is 31.6 Å². The Balaban J connectivity index is 4.54. The van der Waals surface area contributed by atoms with E-state index < -0.39 is 12.1 Å². The molecule has 0 saturated heterocycles. The fourth-order valence-corrected chi connectivity index (χ4v) is 6.81. The first-order chi connectivity index (χ1) is 34.0. The fraction of sp³-hybridized carbons (Fsp3) is 0.571. The number of rotatable bonds is 47. The van der Waals surface area contributed by atoms with E-state index in [1.54, 1.807) is 6.08 Å². The molecule has 0 aliphatic heterocycles. The normalized spacial score (nSPS) is 13.3. The predicted octanol–water partition coefficient (Wildman–Crippen LogP) is 18.4. The minimum Gasteiger partial charge on any atom is -0.462 e. The van der Waals surface area contributed by atoms with E-state index in [0.29, 0.717) is 19.3 Å². The summed E-state index contributed by atoms with van der Waals surface area (Å²) in [7, 11) is 0. The standard InChI is InChI=1S/C63H98O6/c1-4-7-10-13-16-19-22-25-27-28-29-30-31-32-33-34-36-38-41-44-47-50-53-56-62(65)68-59-60(58-67-61(64)55-52-49-46-43-40-37-24-21-18-15-12-9-6-3)69-63(66)57-54-51-48-45-42-39-35-26-23-20-17-14-11-8-5-2/h7-8,10-11,16-17,19-21,24-27,29-30,32-33,35-36,38,42,45,51,54,60H,4-6,9,12-15,18,22-23,28,31,34,37,39-41,43-44,46-50,52-53,55-59H2,1-3H3/b10-7-,11-8-,19-16-,20-17-,24-21-,27-25-,30-29-,33-32-,35-26-,38-36-,45-42-,54-51-. The van der Waals surface area contributed by atoms with Crippen LogP contribution in [0.3, 0.4) is 0 Å². The minimum absolute atomic E-state index is 0.0826. The summed E-state index contributed by atoms with van der Waals surface area (Å²) in [5.74, 6) is -1.11. The van der Waals surface area contributed by atoms with Crippen molar-refractivity contribution in [1.29, 1.82) is 0 Å². The van der Waals surface area contributed by atoms with Crippen molar-refractivity contribution in [2.24, 2.45) is 0 Å². The fourth-order valence-electron chi connectivity index (χ4n) is 6.81. The van der Waals surface area contributed by atoms with Crippen molar-refractivity contribution >= 4 is 17.9 Å². The van der Waals surface area contributed by atoms with Crippen LogP contribution < -0.4 is 0 Å². The predicted molar refractivity (Wildman–Crippen MR) is 297 cm³/mol. The van der Waals surface area contributed by atoms with E-state index in [9.17, 15) is 14.4 Å². The Bertz CT molecular complexity index is 1560. The molecule has 0 aliphatic rings. The third kappa shape index (κ3) is 54.1. The molecular weight excluding hydrogens is 853 g/mol. The summed E-state index contributed by atoms with van der Waals surface area (Å²) in [6, 6.07) is 0. The quantitative estimate of drug-likeness (QED) is 0.0262. The molecule has 1 unspecified atom stereocenters. The van der Waals surface area contributed by atoms with E-state index in [4.69, 9.17) is 14.2 Å². The van der Waals surface area contributed by atoms with Gasteiger partial charge in [-0.05, 0) is 122 Å². The van der Waals surface area contributed by atoms with Gasteiger partial charge in [-0.15, -0.1) is 0 Å². The van der Waals surface area contributed by atoms with Gasteiger partial charge in [0.25, 0.3) is 0 Å². The second-order valence-electron chi connectivity index (χ2n) is 17.4. The second-order valence-corrected chi connectivity index (χ2v) is 17.4. The molecule has 0 aromatic rings. The van der Waals surface area contributed by atoms with Gasteiger partial charge in [0.05, 0.1) is 6.42 Å². The highest BCUT2D eigenvalue weighted by Gasteiger charge is 2.19. The third-order valence-corrected chi connectivity index (χ3v) is 10.8. The number of hydrogen-bond acceptors (Lipinski definition) is 6. The molecule has 0 aromatic heterocycles. The highest BCUT2D eigenvalue weighted by atomic mass is 16.6. The molecule has 0 saturated carbocycles. The molecule has 0 radical (unpaired) electrons. The zero-order valence-corrected chi connectivity index (χ0v) is 44.0. The van der Waals surface area contributed by atoms with Gasteiger partial charge >= 0.3 is 17.9 Å². The van der Waals surface area contributed by atoms with Crippen molar-refractivity contribution in [1.82, 2.24) is 0 Å². The molecule has 0 aliphatic carbocycles. The molecule has 0 N–H and O–H groups in total. The van der Waals surface area contributed by atoms with Gasteiger partial charge in [-0.2, -0.15) is 0 Å². The summed E-state index contributed by atoms with van der Waals surface area (Å²) in [5, 5.41) is 0. The summed E-state index contributed by atoms with van der Waals surface area (Å²) >= 11 is 0. The first kappa shape index (κ1) is 64.3. The zero-order valence-electron chi connectivity index (χ0n) is 44.0. The molecule has 386 valence electrons. The van der Waals surface area contributed by atoms with Crippen LogP contribution >= 0.6 is 0 Å². The number of carbonyl (C=O) groups excluding carboxylic acids is 3. The molecule has 1 atom stereocenters. The Morgan fingerprint density at radius 2 is 0.609 bits per heavy atom. The molecular formula is C63H98O6. The topological polar surface area (TPSA) is 78.9 Å². The highest BCUT2D eigenvalue weighted by Crippen LogP contribution is 2.12. The van der Waals surface area contributed by atoms with Crippen LogP contribution in [0.15, 0.2) is 146 Å². The summed E-state index contributed by atoms with van der Waals surface area (Å²) in [4.78, 5) is 38.0. The molecule has 0 bridgehead atoms. The molecule has 0 fully saturated rings. The van der Waals surface area contributed by atoms with Crippen LogP contribution in [0.2, 0.25) is 0 Å². The molecule has 0 spiro atoms. The van der Waals surface area contributed by atoms with Gasteiger partial charge in [0, 0.05) is 12.8 Å². The van der Waals surface area contributed by atoms with Gasteiger partial charge in [0.15, 0.2) is 6.10 Å². The van der Waals surface area contributed by atoms with Gasteiger partial charge in [-0.25, -0.2) is 0 Å². The van der Waals surface area contributed by atoms with Crippen LogP contribution in [0.1, 0.15) is 213 Å². The maximum absolute atomic E-state index is 12.8. The van der Waals surface area contributed by atoms with Gasteiger partial charge in [0.2, 0.25) is 0 Å². The van der Waals surface area contributed by atoms with E-state index in [2.05, 4.69) is 154 Å². The van der Waals surface area contributed by atoms with Gasteiger partial charge in [-0.3, -0.25) is 14.4 Å². The van der Waals surface area contributed by atoms with E-state index in [1.165, 1.54) is 38.5 Å². The largest absolute Gasteiger partial charge is 0.462 e. The molecule has 6 heteroatoms. The third-order valence-electron chi connectivity index (χ3n) is 10.8. The first-order valence-electron chi connectivity index (χ1n) is 27.3. The molecule has 69 heavy (non-hydrogen) atoms. The van der Waals surface area contributed by atoms with Crippen molar-refractivity contribution in [3.8, 4) is 0 Å². The smallest absolute Gasteiger partial charge is 0.310 e. The van der Waals surface area contributed by atoms with Crippen molar-refractivity contribution in [3.05, 3.63) is 146 Å². The number of esters is 3. The summed E-state index contributed by atoms with van der Waals surface area (Å²) in [6.07, 6.45) is 80.0. The monoisotopic (exact) mass is 951 g/mol. The van der Waals surface area contributed by atoms with Crippen LogP contribution in [0.4, 0.5) is 0 Å². The maximum Gasteiger partial charge on any atom is 0.310 e. The molecule has 0 aromatic carbocycles. The molecule has 0 rings (SSSR count). The number of hydrogen-bond donors (Lipinski definition) is 0. The van der Waals surface area contributed by atoms with Crippen molar-refractivity contribution in [2.45, 2.75) is 219 Å². The van der Waals surface area contributed by atoms with Crippen molar-refractivity contribution in [3.63, 3.8) is 0 Å². The van der Waals surface area contributed by atoms with Crippen LogP contribution in [-0.4, -0.2) is 37.2 Å². The van der Waals surface area contributed by atoms with Crippen LogP contribution in [0.25, 0.3) is 0 Å². The Morgan fingerprint density at radius 3 is 0.971 bits per heavy atom. The summed E-state index contributed by atoms with van der Waals surface area (Å²) < 4.78 is 16.7. The van der Waals surface area contributed by atoms with E-state index in [0.717, 1.165) is 128 Å². The van der Waals surface area contributed by atoms with Crippen LogP contribution in [-0.2, 0) is 28.6 Å². The number of allylic oxidation sites excluding steroid dienone is 23. The zero-order chi connectivity index (χ0) is 50.0. The molecule has 0 heterocycles. The lowest BCUT2D eigenvalue weighted by Gasteiger charge is -2.18. The SMILES string of the molecule is CC/C=C\C/C=C\C/C=C\C/C=C\C/C=C\C/C=C\CCCCCCC(=O)OCC(COC(=O)CCCCCCC/C=C\CCCCCC)OC(=O)C/C=C\C/C=C\C/C=C\C/C=C\C/C=C\CC. The maximum atomic E-state index is 12.8. The molecule has 6 nitrogen and oxygen atoms in total. The van der Waals surface area contributed by atoms with E-state index in [1.807, 2.05) is 6.08 Å². The number of carbonyl (C=O) groups is 3. The number of unbranched alkanes of at least 4 members (excludes halogenated alkanes) is 13. The Labute approximate surface area is 423 Å². The van der Waals surface area contributed by atoms with Gasteiger partial charge < -0.3 is 14.2 Å². The lowest BCUT2D eigenvalue weighted by molar-refractivity contribution is -0.166. The first-order valence-corrected chi connectivity index (χ1v) is 27.3.